The predicted octanol–water partition coefficient (Wildman–Crippen LogP) is 3.64. The maximum absolute atomic E-state index is 8.87. The van der Waals surface area contributed by atoms with Crippen molar-refractivity contribution in [3.05, 3.63) is 11.4 Å². The minimum absolute atomic E-state index is 0.287. The molecule has 2 aromatic rings. The molecule has 0 saturated heterocycles. The molecule has 0 atom stereocenters. The number of nitrogens with one attached hydrogen (secondary N) is 1. The van der Waals surface area contributed by atoms with Crippen molar-refractivity contribution in [3.63, 3.8) is 0 Å². The van der Waals surface area contributed by atoms with Crippen LogP contribution in [-0.4, -0.2) is 29.1 Å². The van der Waals surface area contributed by atoms with Gasteiger partial charge in [-0.05, 0) is 31.7 Å². The lowest BCUT2D eigenvalue weighted by Crippen LogP contribution is -2.32. The number of anilines is 2. The SMILES string of the molecule is CCCNc1nc(N(CCC#N)C(C)C)c2ccsc2n1. The molecule has 0 aliphatic rings. The standard InChI is InChI=1S/C15H21N5S/c1-4-8-17-15-18-13(12-6-10-21-14(12)19-15)20(11(2)3)9-5-7-16/h6,10-11H,4-5,8-9H2,1-3H3,(H,17,18,19). The molecule has 0 aliphatic heterocycles. The second kappa shape index (κ2) is 7.23. The molecule has 2 aromatic heterocycles. The second-order valence-corrected chi connectivity index (χ2v) is 6.03. The quantitative estimate of drug-likeness (QED) is 0.846. The van der Waals surface area contributed by atoms with Gasteiger partial charge in [0.25, 0.3) is 0 Å². The summed E-state index contributed by atoms with van der Waals surface area (Å²) in [5, 5.41) is 15.2. The Bertz CT molecular complexity index is 629. The van der Waals surface area contributed by atoms with E-state index in [-0.39, 0.29) is 6.04 Å². The van der Waals surface area contributed by atoms with Gasteiger partial charge < -0.3 is 10.2 Å². The van der Waals surface area contributed by atoms with Crippen LogP contribution in [0.2, 0.25) is 0 Å². The molecule has 6 heteroatoms. The van der Waals surface area contributed by atoms with Gasteiger partial charge in [0.1, 0.15) is 10.6 Å². The summed E-state index contributed by atoms with van der Waals surface area (Å²) in [6.07, 6.45) is 1.52. The molecule has 5 nitrogen and oxygen atoms in total. The monoisotopic (exact) mass is 303 g/mol. The van der Waals surface area contributed by atoms with E-state index in [1.807, 2.05) is 5.38 Å². The van der Waals surface area contributed by atoms with E-state index in [4.69, 9.17) is 5.26 Å². The number of thiophene rings is 1. The lowest BCUT2D eigenvalue weighted by Gasteiger charge is -2.27. The third-order valence-corrected chi connectivity index (χ3v) is 4.00. The summed E-state index contributed by atoms with van der Waals surface area (Å²) >= 11 is 1.62. The predicted molar refractivity (Wildman–Crippen MR) is 88.9 cm³/mol. The van der Waals surface area contributed by atoms with Crippen LogP contribution >= 0.6 is 11.3 Å². The smallest absolute Gasteiger partial charge is 0.226 e. The number of aromatic nitrogens is 2. The van der Waals surface area contributed by atoms with Crippen LogP contribution in [-0.2, 0) is 0 Å². The normalized spacial score (nSPS) is 10.8. The maximum Gasteiger partial charge on any atom is 0.226 e. The van der Waals surface area contributed by atoms with E-state index in [0.29, 0.717) is 18.9 Å². The van der Waals surface area contributed by atoms with Gasteiger partial charge in [-0.3, -0.25) is 0 Å². The van der Waals surface area contributed by atoms with Crippen LogP contribution in [0.25, 0.3) is 10.2 Å². The number of nitrogens with zero attached hydrogens (tertiary/aromatic N) is 4. The lowest BCUT2D eigenvalue weighted by molar-refractivity contribution is 0.679. The average molecular weight is 303 g/mol. The molecule has 21 heavy (non-hydrogen) atoms. The fourth-order valence-corrected chi connectivity index (χ4v) is 2.91. The molecule has 0 aromatic carbocycles. The largest absolute Gasteiger partial charge is 0.354 e. The molecule has 2 heterocycles. The summed E-state index contributed by atoms with van der Waals surface area (Å²) < 4.78 is 0. The Morgan fingerprint density at radius 1 is 1.43 bits per heavy atom. The fraction of sp³-hybridized carbons (Fsp3) is 0.533. The first-order valence-corrected chi connectivity index (χ1v) is 8.18. The molecular formula is C15H21N5S. The van der Waals surface area contributed by atoms with Crippen LogP contribution in [0.15, 0.2) is 11.4 Å². The summed E-state index contributed by atoms with van der Waals surface area (Å²) in [5.74, 6) is 1.59. The highest BCUT2D eigenvalue weighted by Crippen LogP contribution is 2.30. The Morgan fingerprint density at radius 2 is 2.24 bits per heavy atom. The van der Waals surface area contributed by atoms with Crippen molar-refractivity contribution in [2.75, 3.05) is 23.3 Å². The summed E-state index contributed by atoms with van der Waals surface area (Å²) in [5.41, 5.74) is 0. The van der Waals surface area contributed by atoms with Crippen molar-refractivity contribution in [2.24, 2.45) is 0 Å². The third kappa shape index (κ3) is 3.61. The summed E-state index contributed by atoms with van der Waals surface area (Å²) in [6, 6.07) is 4.56. The molecule has 2 rings (SSSR count). The first-order chi connectivity index (χ1) is 10.2. The van der Waals surface area contributed by atoms with Gasteiger partial charge in [0.15, 0.2) is 0 Å². The summed E-state index contributed by atoms with van der Waals surface area (Å²) in [6.45, 7) is 7.90. The maximum atomic E-state index is 8.87. The third-order valence-electron chi connectivity index (χ3n) is 3.20. The van der Waals surface area contributed by atoms with Crippen molar-refractivity contribution >= 4 is 33.3 Å². The Hall–Kier alpha value is -1.87. The molecule has 0 bridgehead atoms. The zero-order valence-electron chi connectivity index (χ0n) is 12.8. The van der Waals surface area contributed by atoms with Gasteiger partial charge in [-0.25, -0.2) is 4.98 Å². The van der Waals surface area contributed by atoms with E-state index < -0.39 is 0 Å². The fourth-order valence-electron chi connectivity index (χ4n) is 2.15. The van der Waals surface area contributed by atoms with Crippen molar-refractivity contribution in [3.8, 4) is 6.07 Å². The number of rotatable bonds is 7. The Morgan fingerprint density at radius 3 is 2.90 bits per heavy atom. The van der Waals surface area contributed by atoms with Crippen LogP contribution in [0.5, 0.6) is 0 Å². The number of hydrogen-bond donors (Lipinski definition) is 1. The molecule has 0 fully saturated rings. The van der Waals surface area contributed by atoms with Gasteiger partial charge >= 0.3 is 0 Å². The van der Waals surface area contributed by atoms with Crippen LogP contribution in [0.1, 0.15) is 33.6 Å². The molecule has 112 valence electrons. The van der Waals surface area contributed by atoms with E-state index in [9.17, 15) is 0 Å². The van der Waals surface area contributed by atoms with Crippen molar-refractivity contribution in [2.45, 2.75) is 39.7 Å². The molecule has 0 amide bonds. The van der Waals surface area contributed by atoms with Crippen LogP contribution in [0, 0.1) is 11.3 Å². The van der Waals surface area contributed by atoms with Crippen molar-refractivity contribution in [1.82, 2.24) is 9.97 Å². The van der Waals surface area contributed by atoms with Gasteiger partial charge in [0, 0.05) is 19.1 Å². The zero-order chi connectivity index (χ0) is 15.2. The van der Waals surface area contributed by atoms with E-state index in [0.717, 1.165) is 29.0 Å². The Balaban J connectivity index is 2.43. The first kappa shape index (κ1) is 15.5. The van der Waals surface area contributed by atoms with E-state index in [1.165, 1.54) is 0 Å². The highest BCUT2D eigenvalue weighted by atomic mass is 32.1. The zero-order valence-corrected chi connectivity index (χ0v) is 13.6. The molecule has 0 unspecified atom stereocenters. The van der Waals surface area contributed by atoms with E-state index >= 15 is 0 Å². The van der Waals surface area contributed by atoms with Crippen molar-refractivity contribution in [1.29, 1.82) is 5.26 Å². The van der Waals surface area contributed by atoms with Gasteiger partial charge in [0.2, 0.25) is 5.95 Å². The van der Waals surface area contributed by atoms with Crippen LogP contribution in [0.3, 0.4) is 0 Å². The van der Waals surface area contributed by atoms with Crippen molar-refractivity contribution < 1.29 is 0 Å². The number of nitriles is 1. The minimum atomic E-state index is 0.287. The minimum Gasteiger partial charge on any atom is -0.354 e. The highest BCUT2D eigenvalue weighted by molar-refractivity contribution is 7.16. The molecule has 0 aliphatic carbocycles. The van der Waals surface area contributed by atoms with Gasteiger partial charge in [-0.15, -0.1) is 11.3 Å². The summed E-state index contributed by atoms with van der Waals surface area (Å²) in [4.78, 5) is 12.4. The van der Waals surface area contributed by atoms with Crippen LogP contribution < -0.4 is 10.2 Å². The summed E-state index contributed by atoms with van der Waals surface area (Å²) in [7, 11) is 0. The van der Waals surface area contributed by atoms with Gasteiger partial charge in [-0.1, -0.05) is 6.92 Å². The number of hydrogen-bond acceptors (Lipinski definition) is 6. The van der Waals surface area contributed by atoms with Crippen LogP contribution in [0.4, 0.5) is 11.8 Å². The topological polar surface area (TPSA) is 64.8 Å². The molecular weight excluding hydrogens is 282 g/mol. The number of fused-ring (bicyclic) bond motifs is 1. The average Bonchev–Trinajstić information content (AvgIpc) is 2.93. The molecule has 0 saturated carbocycles. The Kier molecular flexibility index (Phi) is 5.34. The lowest BCUT2D eigenvalue weighted by atomic mass is 10.2. The van der Waals surface area contributed by atoms with Gasteiger partial charge in [0.05, 0.1) is 17.9 Å². The Labute approximate surface area is 129 Å². The van der Waals surface area contributed by atoms with Gasteiger partial charge in [-0.2, -0.15) is 10.2 Å². The highest BCUT2D eigenvalue weighted by Gasteiger charge is 2.17. The second-order valence-electron chi connectivity index (χ2n) is 5.13. The molecule has 1 N–H and O–H groups in total. The first-order valence-electron chi connectivity index (χ1n) is 7.30. The molecule has 0 radical (unpaired) electrons. The van der Waals surface area contributed by atoms with E-state index in [1.54, 1.807) is 11.3 Å². The molecule has 0 spiro atoms. The van der Waals surface area contributed by atoms with E-state index in [2.05, 4.69) is 53.1 Å².